The second kappa shape index (κ2) is 6.18. The van der Waals surface area contributed by atoms with Crippen molar-refractivity contribution in [2.45, 2.75) is 45.6 Å². The fourth-order valence-corrected chi connectivity index (χ4v) is 2.80. The van der Waals surface area contributed by atoms with Crippen molar-refractivity contribution < 1.29 is 14.7 Å². The first-order valence-electron chi connectivity index (χ1n) is 6.56. The molecular formula is C13H24N2O3. The number of carbonyl (C=O) groups excluding carboxylic acids is 1. The highest BCUT2D eigenvalue weighted by Gasteiger charge is 2.41. The van der Waals surface area contributed by atoms with Crippen LogP contribution >= 0.6 is 0 Å². The average molecular weight is 256 g/mol. The molecule has 18 heavy (non-hydrogen) atoms. The number of hydrogen-bond donors (Lipinski definition) is 2. The van der Waals surface area contributed by atoms with Crippen molar-refractivity contribution in [2.75, 3.05) is 20.1 Å². The number of hydrogen-bond acceptors (Lipinski definition) is 3. The van der Waals surface area contributed by atoms with Gasteiger partial charge < -0.3 is 10.4 Å². The number of nitrogens with zero attached hydrogens (tertiary/aromatic N) is 1. The van der Waals surface area contributed by atoms with Gasteiger partial charge in [-0.1, -0.05) is 13.8 Å². The van der Waals surface area contributed by atoms with E-state index in [9.17, 15) is 14.7 Å². The molecule has 1 rings (SSSR count). The summed E-state index contributed by atoms with van der Waals surface area (Å²) in [7, 11) is 1.62. The van der Waals surface area contributed by atoms with Gasteiger partial charge >= 0.3 is 5.97 Å². The smallest absolute Gasteiger partial charge is 0.321 e. The number of rotatable bonds is 5. The van der Waals surface area contributed by atoms with Gasteiger partial charge in [-0.15, -0.1) is 0 Å². The summed E-state index contributed by atoms with van der Waals surface area (Å²) >= 11 is 0. The topological polar surface area (TPSA) is 69.6 Å². The number of carboxylic acids is 1. The van der Waals surface area contributed by atoms with Crippen molar-refractivity contribution in [3.05, 3.63) is 0 Å². The normalized spacial score (nSPS) is 23.6. The number of carbonyl (C=O) groups is 2. The molecule has 0 aliphatic carbocycles. The molecule has 0 saturated carbocycles. The molecule has 1 aliphatic heterocycles. The largest absolute Gasteiger partial charge is 0.480 e. The van der Waals surface area contributed by atoms with Crippen LogP contribution in [0.1, 0.15) is 39.5 Å². The second-order valence-corrected chi connectivity index (χ2v) is 5.65. The zero-order valence-corrected chi connectivity index (χ0v) is 11.5. The summed E-state index contributed by atoms with van der Waals surface area (Å²) in [5.74, 6) is -0.738. The Labute approximate surface area is 109 Å². The van der Waals surface area contributed by atoms with Crippen LogP contribution in [-0.2, 0) is 9.59 Å². The second-order valence-electron chi connectivity index (χ2n) is 5.65. The van der Waals surface area contributed by atoms with Gasteiger partial charge in [0.1, 0.15) is 6.04 Å². The number of piperidine rings is 1. The molecule has 1 saturated heterocycles. The lowest BCUT2D eigenvalue weighted by Crippen LogP contribution is -2.54. The van der Waals surface area contributed by atoms with E-state index in [1.54, 1.807) is 7.05 Å². The molecule has 1 heterocycles. The van der Waals surface area contributed by atoms with Crippen LogP contribution in [0.2, 0.25) is 0 Å². The van der Waals surface area contributed by atoms with Crippen molar-refractivity contribution in [2.24, 2.45) is 5.41 Å². The molecule has 1 fully saturated rings. The maximum atomic E-state index is 11.4. The van der Waals surface area contributed by atoms with Gasteiger partial charge in [-0.25, -0.2) is 0 Å². The van der Waals surface area contributed by atoms with Gasteiger partial charge in [-0.2, -0.15) is 0 Å². The Morgan fingerprint density at radius 1 is 1.44 bits per heavy atom. The molecule has 0 aromatic carbocycles. The van der Waals surface area contributed by atoms with Gasteiger partial charge in [0, 0.05) is 13.5 Å². The van der Waals surface area contributed by atoms with Crippen LogP contribution in [-0.4, -0.2) is 48.1 Å². The number of nitrogens with one attached hydrogen (secondary N) is 1. The molecule has 2 N–H and O–H groups in total. The predicted molar refractivity (Wildman–Crippen MR) is 69.3 cm³/mol. The number of aliphatic carboxylic acids is 1. The molecule has 0 aromatic rings. The van der Waals surface area contributed by atoms with E-state index >= 15 is 0 Å². The molecule has 0 spiro atoms. The highest BCUT2D eigenvalue weighted by Crippen LogP contribution is 2.35. The van der Waals surface area contributed by atoms with Crippen molar-refractivity contribution in [1.82, 2.24) is 10.2 Å². The van der Waals surface area contributed by atoms with Crippen LogP contribution in [0.3, 0.4) is 0 Å². The number of likely N-dealkylation sites (tertiary alicyclic amines) is 1. The Kier molecular flexibility index (Phi) is 5.14. The SMILES string of the molecule is CNC(=O)CCCN1CCCC(C)(C)C1C(=O)O. The lowest BCUT2D eigenvalue weighted by molar-refractivity contribution is -0.150. The Morgan fingerprint density at radius 3 is 2.67 bits per heavy atom. The minimum atomic E-state index is -0.750. The predicted octanol–water partition coefficient (Wildman–Crippen LogP) is 1.09. The zero-order chi connectivity index (χ0) is 13.8. The first-order chi connectivity index (χ1) is 8.38. The molecule has 104 valence electrons. The minimum Gasteiger partial charge on any atom is -0.480 e. The van der Waals surface area contributed by atoms with E-state index in [4.69, 9.17) is 0 Å². The maximum absolute atomic E-state index is 11.4. The first-order valence-corrected chi connectivity index (χ1v) is 6.56. The maximum Gasteiger partial charge on any atom is 0.321 e. The van der Waals surface area contributed by atoms with Crippen molar-refractivity contribution in [3.63, 3.8) is 0 Å². The molecule has 1 aliphatic rings. The molecule has 5 nitrogen and oxygen atoms in total. The van der Waals surface area contributed by atoms with Crippen LogP contribution in [0.5, 0.6) is 0 Å². The quantitative estimate of drug-likeness (QED) is 0.772. The lowest BCUT2D eigenvalue weighted by Gasteiger charge is -2.44. The Morgan fingerprint density at radius 2 is 2.11 bits per heavy atom. The fourth-order valence-electron chi connectivity index (χ4n) is 2.80. The van der Waals surface area contributed by atoms with E-state index in [-0.39, 0.29) is 11.3 Å². The highest BCUT2D eigenvalue weighted by molar-refractivity contribution is 5.75. The Hall–Kier alpha value is -1.10. The highest BCUT2D eigenvalue weighted by atomic mass is 16.4. The van der Waals surface area contributed by atoms with Crippen LogP contribution in [0, 0.1) is 5.41 Å². The molecule has 1 unspecified atom stereocenters. The van der Waals surface area contributed by atoms with E-state index in [0.29, 0.717) is 19.4 Å². The Bertz CT molecular complexity index is 315. The van der Waals surface area contributed by atoms with Crippen molar-refractivity contribution >= 4 is 11.9 Å². The van der Waals surface area contributed by atoms with E-state index in [1.807, 2.05) is 18.7 Å². The molecule has 0 radical (unpaired) electrons. The van der Waals surface area contributed by atoms with Gasteiger partial charge in [-0.3, -0.25) is 14.5 Å². The van der Waals surface area contributed by atoms with E-state index in [1.165, 1.54) is 0 Å². The van der Waals surface area contributed by atoms with Crippen molar-refractivity contribution in [3.8, 4) is 0 Å². The Balaban J connectivity index is 2.56. The van der Waals surface area contributed by atoms with E-state index < -0.39 is 12.0 Å². The molecular weight excluding hydrogens is 232 g/mol. The summed E-state index contributed by atoms with van der Waals surface area (Å²) in [5, 5.41) is 12.0. The van der Waals surface area contributed by atoms with Gasteiger partial charge in [0.25, 0.3) is 0 Å². The summed E-state index contributed by atoms with van der Waals surface area (Å²) in [6, 6.07) is -0.434. The zero-order valence-electron chi connectivity index (χ0n) is 11.5. The molecule has 5 heteroatoms. The fraction of sp³-hybridized carbons (Fsp3) is 0.846. The minimum absolute atomic E-state index is 0.0122. The van der Waals surface area contributed by atoms with Gasteiger partial charge in [0.05, 0.1) is 0 Å². The summed E-state index contributed by atoms with van der Waals surface area (Å²) in [6.45, 7) is 5.51. The van der Waals surface area contributed by atoms with Gasteiger partial charge in [0.2, 0.25) is 5.91 Å². The molecule has 0 bridgehead atoms. The summed E-state index contributed by atoms with van der Waals surface area (Å²) in [6.07, 6.45) is 3.13. The van der Waals surface area contributed by atoms with E-state index in [2.05, 4.69) is 5.32 Å². The third-order valence-corrected chi connectivity index (χ3v) is 3.73. The van der Waals surface area contributed by atoms with Crippen LogP contribution in [0.25, 0.3) is 0 Å². The van der Waals surface area contributed by atoms with Gasteiger partial charge in [0.15, 0.2) is 0 Å². The summed E-state index contributed by atoms with van der Waals surface area (Å²) < 4.78 is 0. The molecule has 1 amide bonds. The third kappa shape index (κ3) is 3.70. The lowest BCUT2D eigenvalue weighted by atomic mass is 9.76. The third-order valence-electron chi connectivity index (χ3n) is 3.73. The number of amides is 1. The number of carboxylic acid groups (broad SMARTS) is 1. The van der Waals surface area contributed by atoms with Crippen LogP contribution < -0.4 is 5.32 Å². The van der Waals surface area contributed by atoms with E-state index in [0.717, 1.165) is 19.4 Å². The molecule has 0 aromatic heterocycles. The average Bonchev–Trinajstić information content (AvgIpc) is 2.26. The first kappa shape index (κ1) is 15.0. The van der Waals surface area contributed by atoms with Crippen LogP contribution in [0.15, 0.2) is 0 Å². The summed E-state index contributed by atoms with van der Waals surface area (Å²) in [4.78, 5) is 24.6. The molecule has 1 atom stereocenters. The summed E-state index contributed by atoms with van der Waals surface area (Å²) in [5.41, 5.74) is -0.197. The van der Waals surface area contributed by atoms with Crippen molar-refractivity contribution in [1.29, 1.82) is 0 Å². The standard InChI is InChI=1S/C13H24N2O3/c1-13(2)7-5-9-15(11(13)12(17)18)8-4-6-10(16)14-3/h11H,4-9H2,1-3H3,(H,14,16)(H,17,18). The van der Waals surface area contributed by atoms with Gasteiger partial charge in [-0.05, 0) is 37.8 Å². The van der Waals surface area contributed by atoms with Crippen LogP contribution in [0.4, 0.5) is 0 Å². The monoisotopic (exact) mass is 256 g/mol.